The number of rotatable bonds is 8. The first-order valence-corrected chi connectivity index (χ1v) is 11.4. The minimum atomic E-state index is -3.68. The smallest absolute Gasteiger partial charge is 0.261 e. The summed E-state index contributed by atoms with van der Waals surface area (Å²) in [4.78, 5) is 11.2. The van der Waals surface area contributed by atoms with Crippen LogP contribution in [0.3, 0.4) is 0 Å². The summed E-state index contributed by atoms with van der Waals surface area (Å²) in [5.74, 6) is 2.22. The van der Waals surface area contributed by atoms with Gasteiger partial charge in [0.2, 0.25) is 0 Å². The van der Waals surface area contributed by atoms with E-state index < -0.39 is 10.0 Å². The first kappa shape index (κ1) is 21.9. The Hall–Kier alpha value is -2.84. The van der Waals surface area contributed by atoms with Gasteiger partial charge in [0.25, 0.3) is 10.0 Å². The zero-order valence-electron chi connectivity index (χ0n) is 17.1. The van der Waals surface area contributed by atoms with E-state index >= 15 is 0 Å². The number of aromatic nitrogens is 2. The van der Waals surface area contributed by atoms with Crippen LogP contribution in [-0.4, -0.2) is 31.5 Å². The topological polar surface area (TPSA) is 87.2 Å². The molecule has 0 unspecified atom stereocenters. The molecule has 2 aromatic carbocycles. The van der Waals surface area contributed by atoms with E-state index in [1.807, 2.05) is 13.0 Å². The van der Waals surface area contributed by atoms with Crippen LogP contribution in [-0.2, 0) is 10.0 Å². The number of benzene rings is 2. The molecule has 0 spiro atoms. The maximum Gasteiger partial charge on any atom is 0.261 e. The second kappa shape index (κ2) is 9.32. The Morgan fingerprint density at radius 3 is 2.13 bits per heavy atom. The van der Waals surface area contributed by atoms with Crippen molar-refractivity contribution in [3.05, 3.63) is 65.4 Å². The van der Waals surface area contributed by atoms with Crippen molar-refractivity contribution in [1.82, 2.24) is 9.97 Å². The third-order valence-electron chi connectivity index (χ3n) is 4.45. The van der Waals surface area contributed by atoms with Gasteiger partial charge >= 0.3 is 0 Å². The monoisotopic (exact) mass is 445 g/mol. The molecule has 2 N–H and O–H groups in total. The molecule has 0 bridgehead atoms. The number of nitrogens with zero attached hydrogens (tertiary/aromatic N) is 3. The highest BCUT2D eigenvalue weighted by atomic mass is 35.5. The van der Waals surface area contributed by atoms with E-state index in [2.05, 4.69) is 38.8 Å². The highest BCUT2D eigenvalue weighted by Crippen LogP contribution is 2.23. The van der Waals surface area contributed by atoms with Gasteiger partial charge in [-0.1, -0.05) is 11.6 Å². The molecule has 0 fully saturated rings. The van der Waals surface area contributed by atoms with Gasteiger partial charge in [0, 0.05) is 35.6 Å². The van der Waals surface area contributed by atoms with Gasteiger partial charge in [0.15, 0.2) is 0 Å². The van der Waals surface area contributed by atoms with Gasteiger partial charge in [-0.2, -0.15) is 0 Å². The quantitative estimate of drug-likeness (QED) is 0.516. The Morgan fingerprint density at radius 2 is 1.53 bits per heavy atom. The Kier molecular flexibility index (Phi) is 6.79. The summed E-state index contributed by atoms with van der Waals surface area (Å²) in [5.41, 5.74) is 1.24. The number of hydrogen-bond donors (Lipinski definition) is 2. The minimum Gasteiger partial charge on any atom is -0.357 e. The molecule has 0 aliphatic rings. The van der Waals surface area contributed by atoms with Crippen LogP contribution in [0.15, 0.2) is 59.5 Å². The van der Waals surface area contributed by atoms with E-state index in [1.165, 1.54) is 12.1 Å². The van der Waals surface area contributed by atoms with Crippen molar-refractivity contribution < 1.29 is 8.42 Å². The second-order valence-corrected chi connectivity index (χ2v) is 8.71. The van der Waals surface area contributed by atoms with Crippen LogP contribution in [0.1, 0.15) is 19.7 Å². The highest BCUT2D eigenvalue weighted by molar-refractivity contribution is 7.92. The first-order valence-electron chi connectivity index (χ1n) is 9.57. The lowest BCUT2D eigenvalue weighted by Gasteiger charge is -2.20. The zero-order chi connectivity index (χ0) is 21.7. The van der Waals surface area contributed by atoms with Crippen molar-refractivity contribution in [2.75, 3.05) is 28.0 Å². The lowest BCUT2D eigenvalue weighted by atomic mass is 10.3. The van der Waals surface area contributed by atoms with Crippen LogP contribution in [0.2, 0.25) is 5.02 Å². The molecule has 0 radical (unpaired) electrons. The Balaban J connectivity index is 1.74. The van der Waals surface area contributed by atoms with Gasteiger partial charge in [-0.05, 0) is 69.3 Å². The van der Waals surface area contributed by atoms with Crippen LogP contribution in [0.4, 0.5) is 23.0 Å². The Labute approximate surface area is 182 Å². The lowest BCUT2D eigenvalue weighted by Crippen LogP contribution is -2.23. The predicted molar refractivity (Wildman–Crippen MR) is 122 cm³/mol. The summed E-state index contributed by atoms with van der Waals surface area (Å²) in [6, 6.07) is 14.9. The molecule has 0 aliphatic heterocycles. The van der Waals surface area contributed by atoms with Crippen LogP contribution in [0.5, 0.6) is 0 Å². The fourth-order valence-corrected chi connectivity index (χ4v) is 4.11. The summed E-state index contributed by atoms with van der Waals surface area (Å²) in [5, 5.41) is 3.73. The van der Waals surface area contributed by atoms with E-state index in [0.717, 1.165) is 24.6 Å². The largest absolute Gasteiger partial charge is 0.357 e. The van der Waals surface area contributed by atoms with Crippen molar-refractivity contribution >= 4 is 44.6 Å². The standard InChI is InChI=1S/C21H24ClN5O2S/c1-4-27(5-2)21-14-20(23-15(3)24-21)25-17-8-10-18(11-9-17)26-30(28,29)19-12-6-16(22)7-13-19/h6-14,26H,4-5H2,1-3H3,(H,23,24,25). The second-order valence-electron chi connectivity index (χ2n) is 6.59. The summed E-state index contributed by atoms with van der Waals surface area (Å²) in [6.45, 7) is 7.73. The molecule has 1 heterocycles. The summed E-state index contributed by atoms with van der Waals surface area (Å²) in [6.07, 6.45) is 0. The first-order chi connectivity index (χ1) is 14.3. The Bertz CT molecular complexity index is 1100. The number of anilines is 4. The van der Waals surface area contributed by atoms with Gasteiger partial charge in [-0.25, -0.2) is 18.4 Å². The maximum atomic E-state index is 12.5. The summed E-state index contributed by atoms with van der Waals surface area (Å²) >= 11 is 5.83. The van der Waals surface area contributed by atoms with Crippen LogP contribution in [0, 0.1) is 6.92 Å². The van der Waals surface area contributed by atoms with Crippen molar-refractivity contribution in [1.29, 1.82) is 0 Å². The summed E-state index contributed by atoms with van der Waals surface area (Å²) in [7, 11) is -3.68. The van der Waals surface area contributed by atoms with Crippen LogP contribution in [0.25, 0.3) is 0 Å². The van der Waals surface area contributed by atoms with Gasteiger partial charge in [-0.15, -0.1) is 0 Å². The van der Waals surface area contributed by atoms with E-state index in [1.54, 1.807) is 36.4 Å². The molecule has 1 aromatic heterocycles. The lowest BCUT2D eigenvalue weighted by molar-refractivity contribution is 0.601. The zero-order valence-corrected chi connectivity index (χ0v) is 18.6. The Morgan fingerprint density at radius 1 is 0.933 bits per heavy atom. The third kappa shape index (κ3) is 5.40. The van der Waals surface area contributed by atoms with Crippen molar-refractivity contribution in [2.45, 2.75) is 25.7 Å². The fraction of sp³-hybridized carbons (Fsp3) is 0.238. The van der Waals surface area contributed by atoms with Crippen molar-refractivity contribution in [2.24, 2.45) is 0 Å². The average molecular weight is 446 g/mol. The van der Waals surface area contributed by atoms with Crippen molar-refractivity contribution in [3.8, 4) is 0 Å². The maximum absolute atomic E-state index is 12.5. The molecule has 0 saturated heterocycles. The van der Waals surface area contributed by atoms with E-state index in [-0.39, 0.29) is 4.90 Å². The van der Waals surface area contributed by atoms with Gasteiger partial charge in [0.05, 0.1) is 4.90 Å². The van der Waals surface area contributed by atoms with E-state index in [4.69, 9.17) is 11.6 Å². The number of nitrogens with one attached hydrogen (secondary N) is 2. The molecular weight excluding hydrogens is 422 g/mol. The van der Waals surface area contributed by atoms with E-state index in [0.29, 0.717) is 22.4 Å². The van der Waals surface area contributed by atoms with E-state index in [9.17, 15) is 8.42 Å². The molecule has 0 amide bonds. The molecule has 0 saturated carbocycles. The normalized spacial score (nSPS) is 11.2. The molecule has 158 valence electrons. The molecule has 3 aromatic rings. The predicted octanol–water partition coefficient (Wildman–Crippen LogP) is 4.83. The number of hydrogen-bond acceptors (Lipinski definition) is 6. The average Bonchev–Trinajstić information content (AvgIpc) is 2.70. The van der Waals surface area contributed by atoms with Crippen molar-refractivity contribution in [3.63, 3.8) is 0 Å². The molecule has 7 nitrogen and oxygen atoms in total. The molecule has 30 heavy (non-hydrogen) atoms. The number of aryl methyl sites for hydroxylation is 1. The van der Waals surface area contributed by atoms with Crippen LogP contribution >= 0.6 is 11.6 Å². The number of sulfonamides is 1. The highest BCUT2D eigenvalue weighted by Gasteiger charge is 2.14. The van der Waals surface area contributed by atoms with Gasteiger partial charge < -0.3 is 10.2 Å². The molecule has 0 aliphatic carbocycles. The summed E-state index contributed by atoms with van der Waals surface area (Å²) < 4.78 is 27.5. The van der Waals surface area contributed by atoms with Gasteiger partial charge in [0.1, 0.15) is 17.5 Å². The van der Waals surface area contributed by atoms with Crippen LogP contribution < -0.4 is 14.9 Å². The minimum absolute atomic E-state index is 0.148. The molecule has 9 heteroatoms. The molecule has 3 rings (SSSR count). The fourth-order valence-electron chi connectivity index (χ4n) is 2.92. The number of halogens is 1. The molecule has 0 atom stereocenters. The van der Waals surface area contributed by atoms with Gasteiger partial charge in [-0.3, -0.25) is 4.72 Å². The molecular formula is C21H24ClN5O2S. The third-order valence-corrected chi connectivity index (χ3v) is 6.09. The SMILES string of the molecule is CCN(CC)c1cc(Nc2ccc(NS(=O)(=O)c3ccc(Cl)cc3)cc2)nc(C)n1.